The third-order valence-electron chi connectivity index (χ3n) is 2.99. The maximum Gasteiger partial charge on any atom is 0.153 e. The van der Waals surface area contributed by atoms with Crippen molar-refractivity contribution in [2.45, 2.75) is 5.75 Å². The van der Waals surface area contributed by atoms with Crippen LogP contribution in [0, 0.1) is 0 Å². The normalized spacial score (nSPS) is 11.6. The summed E-state index contributed by atoms with van der Waals surface area (Å²) in [6.07, 6.45) is 1.15. The van der Waals surface area contributed by atoms with E-state index in [2.05, 4.69) is 5.10 Å². The molecule has 0 aliphatic carbocycles. The van der Waals surface area contributed by atoms with Crippen LogP contribution in [0.15, 0.2) is 18.2 Å². The van der Waals surface area contributed by atoms with E-state index < -0.39 is 9.84 Å². The van der Waals surface area contributed by atoms with Crippen molar-refractivity contribution >= 4 is 27.3 Å². The zero-order valence-corrected chi connectivity index (χ0v) is 13.5. The summed E-state index contributed by atoms with van der Waals surface area (Å²) in [4.78, 5) is 0. The Bertz CT molecular complexity index is 784. The van der Waals surface area contributed by atoms with Gasteiger partial charge in [0.1, 0.15) is 11.6 Å². The number of nitrogen functional groups attached to an aromatic ring is 1. The van der Waals surface area contributed by atoms with Gasteiger partial charge in [0.2, 0.25) is 0 Å². The van der Waals surface area contributed by atoms with E-state index in [0.29, 0.717) is 33.4 Å². The number of nitrogens with zero attached hydrogens (tertiary/aromatic N) is 2. The van der Waals surface area contributed by atoms with Crippen LogP contribution in [0.25, 0.3) is 11.1 Å². The van der Waals surface area contributed by atoms with Crippen LogP contribution >= 0.6 is 11.6 Å². The fourth-order valence-electron chi connectivity index (χ4n) is 2.11. The molecule has 6 nitrogen and oxygen atoms in total. The van der Waals surface area contributed by atoms with Crippen molar-refractivity contribution in [3.05, 3.63) is 28.9 Å². The number of nitrogens with two attached hydrogens (primary N) is 1. The van der Waals surface area contributed by atoms with Gasteiger partial charge in [0.05, 0.1) is 24.1 Å². The molecule has 2 rings (SSSR count). The highest BCUT2D eigenvalue weighted by Crippen LogP contribution is 2.38. The number of ether oxygens (including phenoxy) is 1. The topological polar surface area (TPSA) is 87.2 Å². The highest BCUT2D eigenvalue weighted by Gasteiger charge is 2.22. The molecule has 2 aromatic rings. The molecule has 1 aromatic carbocycles. The second-order valence-electron chi connectivity index (χ2n) is 4.75. The van der Waals surface area contributed by atoms with E-state index in [1.54, 1.807) is 25.2 Å². The van der Waals surface area contributed by atoms with E-state index in [1.807, 2.05) is 0 Å². The molecular weight excluding hydrogens is 314 g/mol. The molecule has 2 N–H and O–H groups in total. The number of aryl methyl sites for hydroxylation is 1. The second-order valence-corrected chi connectivity index (χ2v) is 7.32. The number of benzene rings is 1. The number of methoxy groups -OCH3 is 1. The SMILES string of the molecule is COc1ccc(Cl)cc1-c1c(CS(C)(=O)=O)nn(C)c1N. The maximum absolute atomic E-state index is 11.6. The minimum atomic E-state index is -3.25. The van der Waals surface area contributed by atoms with Crippen molar-refractivity contribution in [2.24, 2.45) is 7.05 Å². The number of hydrogen-bond donors (Lipinski definition) is 1. The highest BCUT2D eigenvalue weighted by atomic mass is 35.5. The van der Waals surface area contributed by atoms with E-state index in [4.69, 9.17) is 22.1 Å². The van der Waals surface area contributed by atoms with Gasteiger partial charge in [-0.05, 0) is 18.2 Å². The second kappa shape index (κ2) is 5.57. The van der Waals surface area contributed by atoms with E-state index in [-0.39, 0.29) is 5.75 Å². The van der Waals surface area contributed by atoms with E-state index in [9.17, 15) is 8.42 Å². The molecule has 8 heteroatoms. The van der Waals surface area contributed by atoms with Gasteiger partial charge < -0.3 is 10.5 Å². The molecule has 0 aliphatic heterocycles. The molecule has 0 fully saturated rings. The van der Waals surface area contributed by atoms with Crippen LogP contribution in [-0.2, 0) is 22.6 Å². The van der Waals surface area contributed by atoms with Crippen molar-refractivity contribution in [3.8, 4) is 16.9 Å². The Morgan fingerprint density at radius 3 is 2.67 bits per heavy atom. The predicted molar refractivity (Wildman–Crippen MR) is 83.2 cm³/mol. The van der Waals surface area contributed by atoms with E-state index >= 15 is 0 Å². The molecule has 1 aromatic heterocycles. The minimum Gasteiger partial charge on any atom is -0.496 e. The molecule has 114 valence electrons. The Kier molecular flexibility index (Phi) is 4.15. The minimum absolute atomic E-state index is 0.205. The van der Waals surface area contributed by atoms with Gasteiger partial charge in [0.15, 0.2) is 9.84 Å². The smallest absolute Gasteiger partial charge is 0.153 e. The summed E-state index contributed by atoms with van der Waals surface area (Å²) in [5, 5.41) is 4.69. The number of hydrogen-bond acceptors (Lipinski definition) is 5. The molecule has 0 saturated heterocycles. The van der Waals surface area contributed by atoms with Crippen LogP contribution in [0.1, 0.15) is 5.69 Å². The molecular formula is C13H16ClN3O3S. The Hall–Kier alpha value is -1.73. The van der Waals surface area contributed by atoms with Crippen LogP contribution in [0.3, 0.4) is 0 Å². The first-order valence-corrected chi connectivity index (χ1v) is 8.49. The van der Waals surface area contributed by atoms with Crippen LogP contribution in [-0.4, -0.2) is 31.6 Å². The Labute approximate surface area is 128 Å². The molecule has 0 aliphatic rings. The average molecular weight is 330 g/mol. The van der Waals surface area contributed by atoms with Gasteiger partial charge in [-0.1, -0.05) is 11.6 Å². The molecule has 0 bridgehead atoms. The van der Waals surface area contributed by atoms with Crippen LogP contribution < -0.4 is 10.5 Å². The van der Waals surface area contributed by atoms with Gasteiger partial charge in [0.25, 0.3) is 0 Å². The number of sulfone groups is 1. The molecule has 0 atom stereocenters. The van der Waals surface area contributed by atoms with Crippen molar-refractivity contribution in [3.63, 3.8) is 0 Å². The van der Waals surface area contributed by atoms with Gasteiger partial charge in [-0.2, -0.15) is 5.10 Å². The lowest BCUT2D eigenvalue weighted by molar-refractivity contribution is 0.416. The molecule has 0 amide bonds. The van der Waals surface area contributed by atoms with Crippen LogP contribution in [0.2, 0.25) is 5.02 Å². The molecule has 21 heavy (non-hydrogen) atoms. The summed E-state index contributed by atoms with van der Waals surface area (Å²) < 4.78 is 29.9. The summed E-state index contributed by atoms with van der Waals surface area (Å²) in [5.74, 6) is 0.700. The average Bonchev–Trinajstić information content (AvgIpc) is 2.62. The summed E-state index contributed by atoms with van der Waals surface area (Å²) >= 11 is 6.03. The zero-order chi connectivity index (χ0) is 15.8. The number of anilines is 1. The first-order chi connectivity index (χ1) is 9.73. The van der Waals surface area contributed by atoms with Crippen molar-refractivity contribution in [1.29, 1.82) is 0 Å². The standard InChI is InChI=1S/C13H16ClN3O3S/c1-17-13(15)12(10(16-17)7-21(3,18)19)9-6-8(14)4-5-11(9)20-2/h4-6H,7,15H2,1-3H3. The zero-order valence-electron chi connectivity index (χ0n) is 11.9. The third kappa shape index (κ3) is 3.30. The fraction of sp³-hybridized carbons (Fsp3) is 0.308. The number of halogens is 1. The lowest BCUT2D eigenvalue weighted by Gasteiger charge is -2.10. The first kappa shape index (κ1) is 15.7. The number of rotatable bonds is 4. The molecule has 0 radical (unpaired) electrons. The van der Waals surface area contributed by atoms with Crippen molar-refractivity contribution in [2.75, 3.05) is 19.1 Å². The van der Waals surface area contributed by atoms with Crippen molar-refractivity contribution < 1.29 is 13.2 Å². The van der Waals surface area contributed by atoms with E-state index in [1.165, 1.54) is 11.8 Å². The Morgan fingerprint density at radius 2 is 2.10 bits per heavy atom. The van der Waals surface area contributed by atoms with Gasteiger partial charge in [0, 0.05) is 23.9 Å². The molecule has 0 saturated carbocycles. The van der Waals surface area contributed by atoms with E-state index in [0.717, 1.165) is 6.26 Å². The largest absolute Gasteiger partial charge is 0.496 e. The molecule has 0 spiro atoms. The predicted octanol–water partition coefficient (Wildman–Crippen LogP) is 1.88. The van der Waals surface area contributed by atoms with Gasteiger partial charge in [-0.3, -0.25) is 4.68 Å². The molecule has 0 unspecified atom stereocenters. The number of aromatic nitrogens is 2. The van der Waals surface area contributed by atoms with Crippen LogP contribution in [0.4, 0.5) is 5.82 Å². The highest BCUT2D eigenvalue weighted by molar-refractivity contribution is 7.89. The third-order valence-corrected chi connectivity index (χ3v) is 4.03. The van der Waals surface area contributed by atoms with Crippen molar-refractivity contribution in [1.82, 2.24) is 9.78 Å². The maximum atomic E-state index is 11.6. The first-order valence-electron chi connectivity index (χ1n) is 6.06. The Balaban J connectivity index is 2.71. The monoisotopic (exact) mass is 329 g/mol. The summed E-state index contributed by atoms with van der Waals surface area (Å²) in [5.41, 5.74) is 7.56. The molecule has 1 heterocycles. The quantitative estimate of drug-likeness (QED) is 0.925. The fourth-order valence-corrected chi connectivity index (χ4v) is 2.98. The van der Waals surface area contributed by atoms with Gasteiger partial charge in [-0.25, -0.2) is 8.42 Å². The van der Waals surface area contributed by atoms with Crippen LogP contribution in [0.5, 0.6) is 5.75 Å². The summed E-state index contributed by atoms with van der Waals surface area (Å²) in [7, 11) is -0.0682. The van der Waals surface area contributed by atoms with Gasteiger partial charge in [-0.15, -0.1) is 0 Å². The Morgan fingerprint density at radius 1 is 1.43 bits per heavy atom. The summed E-state index contributed by atoms with van der Waals surface area (Å²) in [6.45, 7) is 0. The lowest BCUT2D eigenvalue weighted by Crippen LogP contribution is -2.03. The van der Waals surface area contributed by atoms with Gasteiger partial charge >= 0.3 is 0 Å². The summed E-state index contributed by atoms with van der Waals surface area (Å²) in [6, 6.07) is 5.07. The lowest BCUT2D eigenvalue weighted by atomic mass is 10.0.